The molecule has 3 heteroatoms. The van der Waals surface area contributed by atoms with Gasteiger partial charge in [-0.2, -0.15) is 0 Å². The average molecular weight is 267 g/mol. The SMILES string of the molecule is CC(CC1CCCN1)N[C@H](C)c1ccccc1Cl. The molecule has 0 aromatic heterocycles. The number of hydrogen-bond acceptors (Lipinski definition) is 2. The van der Waals surface area contributed by atoms with E-state index in [0.717, 1.165) is 5.02 Å². The lowest BCUT2D eigenvalue weighted by atomic mass is 10.0. The maximum absolute atomic E-state index is 6.22. The maximum Gasteiger partial charge on any atom is 0.0453 e. The molecule has 1 aromatic rings. The van der Waals surface area contributed by atoms with Crippen LogP contribution in [0.15, 0.2) is 24.3 Å². The van der Waals surface area contributed by atoms with E-state index in [0.29, 0.717) is 18.1 Å². The molecule has 18 heavy (non-hydrogen) atoms. The van der Waals surface area contributed by atoms with Crippen molar-refractivity contribution < 1.29 is 0 Å². The molecule has 1 saturated heterocycles. The van der Waals surface area contributed by atoms with E-state index in [-0.39, 0.29) is 0 Å². The summed E-state index contributed by atoms with van der Waals surface area (Å²) in [6.45, 7) is 5.62. The van der Waals surface area contributed by atoms with Gasteiger partial charge in [-0.05, 0) is 51.3 Å². The molecule has 3 atom stereocenters. The molecule has 0 radical (unpaired) electrons. The second-order valence-corrected chi connectivity index (χ2v) is 5.75. The van der Waals surface area contributed by atoms with Crippen LogP contribution in [0.5, 0.6) is 0 Å². The average Bonchev–Trinajstić information content (AvgIpc) is 2.82. The normalized spacial score (nSPS) is 22.9. The fraction of sp³-hybridized carbons (Fsp3) is 0.600. The van der Waals surface area contributed by atoms with Gasteiger partial charge in [0.05, 0.1) is 0 Å². The summed E-state index contributed by atoms with van der Waals surface area (Å²) in [5.41, 5.74) is 1.19. The number of nitrogens with one attached hydrogen (secondary N) is 2. The zero-order valence-electron chi connectivity index (χ0n) is 11.2. The minimum Gasteiger partial charge on any atom is -0.314 e. The number of benzene rings is 1. The van der Waals surface area contributed by atoms with Crippen LogP contribution < -0.4 is 10.6 Å². The minimum absolute atomic E-state index is 0.301. The molecule has 2 nitrogen and oxygen atoms in total. The second kappa shape index (κ2) is 6.55. The van der Waals surface area contributed by atoms with Crippen molar-refractivity contribution in [2.24, 2.45) is 0 Å². The second-order valence-electron chi connectivity index (χ2n) is 5.34. The van der Waals surface area contributed by atoms with Gasteiger partial charge in [0.15, 0.2) is 0 Å². The predicted molar refractivity (Wildman–Crippen MR) is 78.1 cm³/mol. The Morgan fingerprint density at radius 1 is 1.39 bits per heavy atom. The van der Waals surface area contributed by atoms with Gasteiger partial charge in [-0.25, -0.2) is 0 Å². The van der Waals surface area contributed by atoms with Gasteiger partial charge >= 0.3 is 0 Å². The van der Waals surface area contributed by atoms with Crippen LogP contribution in [0.4, 0.5) is 0 Å². The van der Waals surface area contributed by atoms with E-state index in [2.05, 4.69) is 30.5 Å². The molecular weight excluding hydrogens is 244 g/mol. The number of hydrogen-bond donors (Lipinski definition) is 2. The third kappa shape index (κ3) is 3.71. The van der Waals surface area contributed by atoms with Crippen LogP contribution in [0.1, 0.15) is 44.7 Å². The Bertz CT molecular complexity index is 375. The van der Waals surface area contributed by atoms with Crippen molar-refractivity contribution in [3.63, 3.8) is 0 Å². The van der Waals surface area contributed by atoms with Crippen LogP contribution in [0.25, 0.3) is 0 Å². The van der Waals surface area contributed by atoms with Crippen LogP contribution in [0, 0.1) is 0 Å². The Balaban J connectivity index is 1.86. The van der Waals surface area contributed by atoms with E-state index < -0.39 is 0 Å². The molecule has 0 spiro atoms. The first-order chi connectivity index (χ1) is 8.66. The highest BCUT2D eigenvalue weighted by molar-refractivity contribution is 6.31. The molecule has 2 unspecified atom stereocenters. The highest BCUT2D eigenvalue weighted by Gasteiger charge is 2.18. The van der Waals surface area contributed by atoms with Gasteiger partial charge in [0.1, 0.15) is 0 Å². The molecular formula is C15H23ClN2. The minimum atomic E-state index is 0.301. The summed E-state index contributed by atoms with van der Waals surface area (Å²) in [4.78, 5) is 0. The van der Waals surface area contributed by atoms with Crippen LogP contribution in [0.2, 0.25) is 5.02 Å². The molecule has 100 valence electrons. The van der Waals surface area contributed by atoms with Gasteiger partial charge in [-0.1, -0.05) is 29.8 Å². The number of rotatable bonds is 5. The monoisotopic (exact) mass is 266 g/mol. The first-order valence-electron chi connectivity index (χ1n) is 6.90. The van der Waals surface area contributed by atoms with Crippen molar-refractivity contribution in [3.05, 3.63) is 34.9 Å². The van der Waals surface area contributed by atoms with Crippen molar-refractivity contribution in [2.75, 3.05) is 6.54 Å². The van der Waals surface area contributed by atoms with Gasteiger partial charge in [-0.15, -0.1) is 0 Å². The Kier molecular flexibility index (Phi) is 5.04. The Morgan fingerprint density at radius 3 is 2.83 bits per heavy atom. The summed E-state index contributed by atoms with van der Waals surface area (Å²) in [5.74, 6) is 0. The lowest BCUT2D eigenvalue weighted by molar-refractivity contribution is 0.407. The molecule has 1 heterocycles. The highest BCUT2D eigenvalue weighted by Crippen LogP contribution is 2.23. The summed E-state index contributed by atoms with van der Waals surface area (Å²) >= 11 is 6.22. The Morgan fingerprint density at radius 2 is 2.17 bits per heavy atom. The van der Waals surface area contributed by atoms with Gasteiger partial charge in [0.25, 0.3) is 0 Å². The lowest BCUT2D eigenvalue weighted by Crippen LogP contribution is -2.35. The molecule has 0 saturated carbocycles. The van der Waals surface area contributed by atoms with Gasteiger partial charge in [0, 0.05) is 23.1 Å². The van der Waals surface area contributed by atoms with Gasteiger partial charge in [0.2, 0.25) is 0 Å². The Hall–Kier alpha value is -0.570. The largest absolute Gasteiger partial charge is 0.314 e. The van der Waals surface area contributed by atoms with E-state index in [4.69, 9.17) is 11.6 Å². The Labute approximate surface area is 115 Å². The summed E-state index contributed by atoms with van der Waals surface area (Å²) in [5, 5.41) is 8.04. The molecule has 1 aromatic carbocycles. The van der Waals surface area contributed by atoms with Gasteiger partial charge < -0.3 is 10.6 Å². The van der Waals surface area contributed by atoms with E-state index in [1.54, 1.807) is 0 Å². The molecule has 2 rings (SSSR count). The van der Waals surface area contributed by atoms with Crippen molar-refractivity contribution in [1.29, 1.82) is 0 Å². The van der Waals surface area contributed by atoms with E-state index in [1.807, 2.05) is 18.2 Å². The third-order valence-corrected chi connectivity index (χ3v) is 4.05. The molecule has 0 bridgehead atoms. The van der Waals surface area contributed by atoms with Crippen LogP contribution in [-0.2, 0) is 0 Å². The summed E-state index contributed by atoms with van der Waals surface area (Å²) in [6, 6.07) is 9.57. The quantitative estimate of drug-likeness (QED) is 0.852. The first-order valence-corrected chi connectivity index (χ1v) is 7.28. The van der Waals surface area contributed by atoms with E-state index in [1.165, 1.54) is 31.4 Å². The van der Waals surface area contributed by atoms with Crippen LogP contribution in [0.3, 0.4) is 0 Å². The summed E-state index contributed by atoms with van der Waals surface area (Å²) in [7, 11) is 0. The van der Waals surface area contributed by atoms with Crippen molar-refractivity contribution in [3.8, 4) is 0 Å². The highest BCUT2D eigenvalue weighted by atomic mass is 35.5. The van der Waals surface area contributed by atoms with Crippen LogP contribution in [-0.4, -0.2) is 18.6 Å². The molecule has 0 amide bonds. The molecule has 1 fully saturated rings. The van der Waals surface area contributed by atoms with Crippen molar-refractivity contribution in [2.45, 2.75) is 51.2 Å². The summed E-state index contributed by atoms with van der Waals surface area (Å²) < 4.78 is 0. The molecule has 0 aliphatic carbocycles. The third-order valence-electron chi connectivity index (χ3n) is 3.71. The number of halogens is 1. The zero-order chi connectivity index (χ0) is 13.0. The van der Waals surface area contributed by atoms with E-state index in [9.17, 15) is 0 Å². The zero-order valence-corrected chi connectivity index (χ0v) is 12.0. The molecule has 1 aliphatic rings. The smallest absolute Gasteiger partial charge is 0.0453 e. The molecule has 1 aliphatic heterocycles. The van der Waals surface area contributed by atoms with E-state index >= 15 is 0 Å². The lowest BCUT2D eigenvalue weighted by Gasteiger charge is -2.23. The fourth-order valence-electron chi connectivity index (χ4n) is 2.80. The summed E-state index contributed by atoms with van der Waals surface area (Å²) in [6.07, 6.45) is 3.82. The molecule has 2 N–H and O–H groups in total. The van der Waals surface area contributed by atoms with Crippen LogP contribution >= 0.6 is 11.6 Å². The standard InChI is InChI=1S/C15H23ClN2/c1-11(10-13-6-5-9-17-13)18-12(2)14-7-3-4-8-15(14)16/h3-4,7-8,11-13,17-18H,5-6,9-10H2,1-2H3/t11?,12-,13?/m1/s1. The van der Waals surface area contributed by atoms with Crippen molar-refractivity contribution in [1.82, 2.24) is 10.6 Å². The fourth-order valence-corrected chi connectivity index (χ4v) is 3.09. The topological polar surface area (TPSA) is 24.1 Å². The predicted octanol–water partition coefficient (Wildman–Crippen LogP) is 3.52. The first kappa shape index (κ1) is 13.9. The maximum atomic E-state index is 6.22. The van der Waals surface area contributed by atoms with Gasteiger partial charge in [-0.3, -0.25) is 0 Å². The van der Waals surface area contributed by atoms with Crippen molar-refractivity contribution >= 4 is 11.6 Å².